The second kappa shape index (κ2) is 7.52. The summed E-state index contributed by atoms with van der Waals surface area (Å²) in [6.45, 7) is 5.08. The van der Waals surface area contributed by atoms with Gasteiger partial charge in [0.1, 0.15) is 11.6 Å². The van der Waals surface area contributed by atoms with Gasteiger partial charge in [-0.2, -0.15) is 0 Å². The molecule has 0 bridgehead atoms. The van der Waals surface area contributed by atoms with Gasteiger partial charge < -0.3 is 10.4 Å². The highest BCUT2D eigenvalue weighted by Gasteiger charge is 2.36. The van der Waals surface area contributed by atoms with Crippen LogP contribution in [-0.4, -0.2) is 39.1 Å². The number of hydrogen-bond acceptors (Lipinski definition) is 5. The highest BCUT2D eigenvalue weighted by Crippen LogP contribution is 2.29. The molecule has 1 aliphatic rings. The predicted molar refractivity (Wildman–Crippen MR) is 103 cm³/mol. The summed E-state index contributed by atoms with van der Waals surface area (Å²) in [4.78, 5) is 31.3. The number of benzene rings is 1. The second-order valence-electron chi connectivity index (χ2n) is 7.37. The molecule has 1 aliphatic heterocycles. The van der Waals surface area contributed by atoms with Crippen LogP contribution in [0.4, 0.5) is 4.39 Å². The number of fused-ring (bicyclic) bond motifs is 1. The molecule has 0 unspecified atom stereocenters. The van der Waals surface area contributed by atoms with E-state index in [0.717, 1.165) is 0 Å². The fraction of sp³-hybridized carbons (Fsp3) is 0.421. The monoisotopic (exact) mass is 408 g/mol. The molecule has 0 fully saturated rings. The molecule has 1 aromatic carbocycles. The van der Waals surface area contributed by atoms with Gasteiger partial charge >= 0.3 is 0 Å². The van der Waals surface area contributed by atoms with E-state index in [4.69, 9.17) is 11.6 Å². The predicted octanol–water partition coefficient (Wildman–Crippen LogP) is 1.78. The fourth-order valence-electron chi connectivity index (χ4n) is 3.15. The van der Waals surface area contributed by atoms with Crippen molar-refractivity contribution < 1.29 is 14.3 Å². The molecule has 0 spiro atoms. The van der Waals surface area contributed by atoms with Crippen molar-refractivity contribution in [1.29, 1.82) is 0 Å². The Balaban J connectivity index is 1.79. The lowest BCUT2D eigenvalue weighted by Gasteiger charge is -2.40. The average molecular weight is 409 g/mol. The van der Waals surface area contributed by atoms with Crippen LogP contribution in [0.15, 0.2) is 23.0 Å². The van der Waals surface area contributed by atoms with E-state index in [1.165, 1.54) is 22.8 Å². The number of aromatic nitrogens is 2. The first-order valence-corrected chi connectivity index (χ1v) is 9.24. The highest BCUT2D eigenvalue weighted by atomic mass is 35.5. The molecule has 7 nitrogen and oxygen atoms in total. The van der Waals surface area contributed by atoms with Gasteiger partial charge in [-0.05, 0) is 38.6 Å². The Hall–Kier alpha value is -2.45. The molecule has 150 valence electrons. The number of carbonyl (C=O) groups excluding carboxylic acids is 1. The first-order valence-electron chi connectivity index (χ1n) is 8.86. The molecule has 2 heterocycles. The van der Waals surface area contributed by atoms with Gasteiger partial charge in [-0.3, -0.25) is 19.1 Å². The Bertz CT molecular complexity index is 990. The maximum Gasteiger partial charge on any atom is 0.296 e. The first-order chi connectivity index (χ1) is 13.1. The normalized spacial score (nSPS) is 15.9. The summed E-state index contributed by atoms with van der Waals surface area (Å²) in [5.41, 5.74) is -0.389. The van der Waals surface area contributed by atoms with Crippen LogP contribution in [0.5, 0.6) is 5.75 Å². The number of nitrogens with zero attached hydrogens (tertiary/aromatic N) is 3. The molecule has 28 heavy (non-hydrogen) atoms. The number of amides is 1. The lowest BCUT2D eigenvalue weighted by molar-refractivity contribution is -0.120. The zero-order chi connectivity index (χ0) is 20.6. The molecule has 2 N–H and O–H groups in total. The maximum atomic E-state index is 13.2. The Kier molecular flexibility index (Phi) is 5.45. The van der Waals surface area contributed by atoms with Crippen LogP contribution in [0, 0.1) is 5.82 Å². The van der Waals surface area contributed by atoms with E-state index in [9.17, 15) is 19.1 Å². The van der Waals surface area contributed by atoms with Crippen LogP contribution in [0.1, 0.15) is 30.9 Å². The third kappa shape index (κ3) is 3.74. The van der Waals surface area contributed by atoms with E-state index in [-0.39, 0.29) is 23.7 Å². The standard InChI is InChI=1S/C19H22ClFN4O3/c1-19(2)18-23-14(16(27)17(28)25(18)7-6-24(19)3)9-15(26)22-10-11-4-5-13(21)12(20)8-11/h4-5,8,27H,6-7,9-10H2,1-3H3,(H,22,26). The summed E-state index contributed by atoms with van der Waals surface area (Å²) >= 11 is 5.73. The van der Waals surface area contributed by atoms with Crippen molar-refractivity contribution >= 4 is 17.5 Å². The Morgan fingerprint density at radius 3 is 2.79 bits per heavy atom. The fourth-order valence-corrected chi connectivity index (χ4v) is 3.35. The minimum absolute atomic E-state index is 0.0277. The number of aromatic hydroxyl groups is 1. The molecule has 3 rings (SSSR count). The van der Waals surface area contributed by atoms with E-state index >= 15 is 0 Å². The van der Waals surface area contributed by atoms with Gasteiger partial charge in [-0.25, -0.2) is 9.37 Å². The molecular weight excluding hydrogens is 387 g/mol. The molecular formula is C19H22ClFN4O3. The number of carbonyl (C=O) groups is 1. The second-order valence-corrected chi connectivity index (χ2v) is 7.78. The Labute approximate surface area is 166 Å². The van der Waals surface area contributed by atoms with Crippen molar-refractivity contribution in [1.82, 2.24) is 19.8 Å². The van der Waals surface area contributed by atoms with Crippen molar-refractivity contribution in [3.8, 4) is 5.75 Å². The van der Waals surface area contributed by atoms with Crippen molar-refractivity contribution in [2.75, 3.05) is 13.6 Å². The third-order valence-electron chi connectivity index (χ3n) is 5.18. The Morgan fingerprint density at radius 1 is 1.39 bits per heavy atom. The minimum Gasteiger partial charge on any atom is -0.502 e. The first kappa shape index (κ1) is 20.3. The zero-order valence-electron chi connectivity index (χ0n) is 15.9. The molecule has 1 aromatic heterocycles. The van der Waals surface area contributed by atoms with E-state index < -0.39 is 28.6 Å². The minimum atomic E-state index is -0.542. The molecule has 9 heteroatoms. The number of likely N-dealkylation sites (N-methyl/N-ethyl adjacent to an activating group) is 1. The van der Waals surface area contributed by atoms with Crippen LogP contribution in [0.25, 0.3) is 0 Å². The number of halogens is 2. The molecule has 1 amide bonds. The molecule has 0 saturated heterocycles. The van der Waals surface area contributed by atoms with Crippen molar-refractivity contribution in [2.45, 2.75) is 38.9 Å². The topological polar surface area (TPSA) is 87.5 Å². The quantitative estimate of drug-likeness (QED) is 0.805. The van der Waals surface area contributed by atoms with E-state index in [0.29, 0.717) is 24.5 Å². The zero-order valence-corrected chi connectivity index (χ0v) is 16.7. The van der Waals surface area contributed by atoms with Crippen LogP contribution >= 0.6 is 11.6 Å². The number of hydrogen-bond donors (Lipinski definition) is 2. The van der Waals surface area contributed by atoms with E-state index in [1.54, 1.807) is 0 Å². The summed E-state index contributed by atoms with van der Waals surface area (Å²) in [6, 6.07) is 4.16. The van der Waals surface area contributed by atoms with Crippen molar-refractivity contribution in [3.63, 3.8) is 0 Å². The molecule has 0 aliphatic carbocycles. The smallest absolute Gasteiger partial charge is 0.296 e. The average Bonchev–Trinajstić information content (AvgIpc) is 2.64. The SMILES string of the molecule is CN1CCn2c(nc(CC(=O)NCc3ccc(F)c(Cl)c3)c(O)c2=O)C1(C)C. The van der Waals surface area contributed by atoms with Crippen LogP contribution < -0.4 is 10.9 Å². The summed E-state index contributed by atoms with van der Waals surface area (Å²) in [6.07, 6.45) is -0.246. The van der Waals surface area contributed by atoms with Crippen molar-refractivity contribution in [3.05, 3.63) is 56.5 Å². The van der Waals surface area contributed by atoms with E-state index in [1.807, 2.05) is 20.9 Å². The summed E-state index contributed by atoms with van der Waals surface area (Å²) in [7, 11) is 1.93. The molecule has 0 atom stereocenters. The van der Waals surface area contributed by atoms with E-state index in [2.05, 4.69) is 15.2 Å². The summed E-state index contributed by atoms with van der Waals surface area (Å²) in [5, 5.41) is 12.9. The lowest BCUT2D eigenvalue weighted by atomic mass is 9.99. The number of rotatable bonds is 4. The largest absolute Gasteiger partial charge is 0.502 e. The van der Waals surface area contributed by atoms with Crippen molar-refractivity contribution in [2.24, 2.45) is 0 Å². The van der Waals surface area contributed by atoms with Crippen LogP contribution in [0.2, 0.25) is 5.02 Å². The molecule has 0 radical (unpaired) electrons. The molecule has 2 aromatic rings. The number of nitrogens with one attached hydrogen (secondary N) is 1. The van der Waals surface area contributed by atoms with Gasteiger partial charge in [0.05, 0.1) is 22.7 Å². The lowest BCUT2D eigenvalue weighted by Crippen LogP contribution is -2.50. The van der Waals surface area contributed by atoms with Gasteiger partial charge in [0.15, 0.2) is 0 Å². The van der Waals surface area contributed by atoms with Gasteiger partial charge in [0.2, 0.25) is 11.7 Å². The van der Waals surface area contributed by atoms with Crippen LogP contribution in [-0.2, 0) is 29.8 Å². The van der Waals surface area contributed by atoms with Gasteiger partial charge in [-0.15, -0.1) is 0 Å². The summed E-state index contributed by atoms with van der Waals surface area (Å²) in [5.74, 6) is -0.955. The van der Waals surface area contributed by atoms with Gasteiger partial charge in [0, 0.05) is 19.6 Å². The van der Waals surface area contributed by atoms with Gasteiger partial charge in [-0.1, -0.05) is 17.7 Å². The maximum absolute atomic E-state index is 13.2. The highest BCUT2D eigenvalue weighted by molar-refractivity contribution is 6.30. The van der Waals surface area contributed by atoms with Crippen LogP contribution in [0.3, 0.4) is 0 Å². The Morgan fingerprint density at radius 2 is 2.11 bits per heavy atom. The van der Waals surface area contributed by atoms with Gasteiger partial charge in [0.25, 0.3) is 5.56 Å². The third-order valence-corrected chi connectivity index (χ3v) is 5.47. The molecule has 0 saturated carbocycles. The summed E-state index contributed by atoms with van der Waals surface area (Å²) < 4.78 is 14.7.